The fraction of sp³-hybridized carbons (Fsp3) is 0.651. The van der Waals surface area contributed by atoms with E-state index in [-0.39, 0.29) is 49.4 Å². The monoisotopic (exact) mass is 850 g/mol. The minimum absolute atomic E-state index is 0.00797. The van der Waals surface area contributed by atoms with E-state index < -0.39 is 111 Å². The van der Waals surface area contributed by atoms with E-state index >= 15 is 4.79 Å². The number of fused-ring (bicyclic) bond motifs is 3. The first-order chi connectivity index (χ1) is 28.8. The molecule has 0 bridgehead atoms. The molecule has 6 rings (SSSR count). The van der Waals surface area contributed by atoms with Crippen molar-refractivity contribution >= 4 is 44.4 Å². The Hall–Kier alpha value is -4.21. The maximum absolute atomic E-state index is 15.1. The van der Waals surface area contributed by atoms with Crippen LogP contribution in [0, 0.1) is 34.9 Å². The number of Topliss-reactive ketones (excluding diaryl/α,β-unsaturated/α-hetero) is 1. The summed E-state index contributed by atoms with van der Waals surface area (Å²) in [7, 11) is -3.30. The molecule has 1 aromatic carbocycles. The summed E-state index contributed by atoms with van der Waals surface area (Å²) in [6, 6.07) is 2.65. The van der Waals surface area contributed by atoms with Crippen molar-refractivity contribution in [3.8, 4) is 11.6 Å². The number of hydrogen-bond donors (Lipinski definition) is 1. The number of rotatable bonds is 11. The molecule has 12 nitrogen and oxygen atoms in total. The van der Waals surface area contributed by atoms with Gasteiger partial charge in [-0.05, 0) is 95.2 Å². The number of carbonyl (C=O) groups excluding carboxylic acids is 4. The highest BCUT2D eigenvalue weighted by atomic mass is 32.2. The van der Waals surface area contributed by atoms with Crippen LogP contribution in [-0.4, -0.2) is 83.9 Å². The smallest absolute Gasteiger partial charge is 0.307 e. The molecule has 4 aliphatic rings. The van der Waals surface area contributed by atoms with Gasteiger partial charge in [-0.3, -0.25) is 23.9 Å². The molecule has 3 heterocycles. The second-order valence-electron chi connectivity index (χ2n) is 17.5. The number of pyridine rings is 1. The average Bonchev–Trinajstić information content (AvgIpc) is 4.09. The number of aromatic nitrogens is 1. The number of sulfonamides is 1. The van der Waals surface area contributed by atoms with Crippen molar-refractivity contribution in [2.24, 2.45) is 29.1 Å². The molecule has 0 radical (unpaired) electrons. The quantitative estimate of drug-likeness (QED) is 0.183. The topological polar surface area (TPSA) is 158 Å². The molecular weight excluding hydrogens is 792 g/mol. The number of carbonyl (C=O) groups is 4. The highest BCUT2D eigenvalue weighted by Gasteiger charge is 2.63. The average molecular weight is 851 g/mol. The van der Waals surface area contributed by atoms with Crippen LogP contribution in [0.2, 0.25) is 0 Å². The lowest BCUT2D eigenvalue weighted by Gasteiger charge is -2.35. The molecule has 0 spiro atoms. The Labute approximate surface area is 348 Å². The Balaban J connectivity index is 1.39. The van der Waals surface area contributed by atoms with Gasteiger partial charge in [-0.2, -0.15) is 0 Å². The van der Waals surface area contributed by atoms with Crippen molar-refractivity contribution in [2.75, 3.05) is 13.7 Å². The summed E-state index contributed by atoms with van der Waals surface area (Å²) < 4.78 is 111. The van der Waals surface area contributed by atoms with Crippen molar-refractivity contribution in [1.82, 2.24) is 14.6 Å². The molecule has 16 heteroatoms. The van der Waals surface area contributed by atoms with Crippen LogP contribution in [0.5, 0.6) is 11.6 Å². The highest BCUT2D eigenvalue weighted by Crippen LogP contribution is 2.58. The van der Waals surface area contributed by atoms with Crippen LogP contribution < -0.4 is 14.2 Å². The van der Waals surface area contributed by atoms with Crippen molar-refractivity contribution in [3.63, 3.8) is 0 Å². The molecule has 3 fully saturated rings. The number of ether oxygens (including phenoxy) is 3. The number of esters is 1. The molecule has 7 atom stereocenters. The third-order valence-corrected chi connectivity index (χ3v) is 14.7. The summed E-state index contributed by atoms with van der Waals surface area (Å²) in [6.45, 7) is 3.47. The van der Waals surface area contributed by atoms with Crippen LogP contribution >= 0.6 is 0 Å². The Morgan fingerprint density at radius 2 is 1.86 bits per heavy atom. The molecule has 2 aliphatic carbocycles. The molecule has 2 aliphatic heterocycles. The Bertz CT molecular complexity index is 2230. The van der Waals surface area contributed by atoms with E-state index in [0.717, 1.165) is 13.8 Å². The fourth-order valence-corrected chi connectivity index (χ4v) is 9.71. The molecule has 1 aromatic heterocycles. The lowest BCUT2D eigenvalue weighted by atomic mass is 9.79. The van der Waals surface area contributed by atoms with Crippen LogP contribution in [0.25, 0.3) is 10.8 Å². The van der Waals surface area contributed by atoms with Crippen molar-refractivity contribution in [3.05, 3.63) is 42.4 Å². The van der Waals surface area contributed by atoms with Gasteiger partial charge in [0.25, 0.3) is 5.92 Å². The lowest BCUT2D eigenvalue weighted by molar-refractivity contribution is -0.197. The van der Waals surface area contributed by atoms with Gasteiger partial charge in [-0.15, -0.1) is 0 Å². The van der Waals surface area contributed by atoms with Crippen molar-refractivity contribution < 1.29 is 59.1 Å². The summed E-state index contributed by atoms with van der Waals surface area (Å²) in [5.41, 5.74) is -3.80. The van der Waals surface area contributed by atoms with Gasteiger partial charge in [0, 0.05) is 29.3 Å². The number of nitrogens with one attached hydrogen (secondary N) is 1. The lowest BCUT2D eigenvalue weighted by Crippen LogP contribution is -2.49. The summed E-state index contributed by atoms with van der Waals surface area (Å²) in [5.74, 6) is -9.19. The van der Waals surface area contributed by atoms with Gasteiger partial charge in [0.1, 0.15) is 17.7 Å². The summed E-state index contributed by atoms with van der Waals surface area (Å²) in [4.78, 5) is 63.2. The van der Waals surface area contributed by atoms with Gasteiger partial charge in [0.15, 0.2) is 11.4 Å². The van der Waals surface area contributed by atoms with Gasteiger partial charge in [0.2, 0.25) is 27.7 Å². The first kappa shape index (κ1) is 40.2. The second-order valence-corrected chi connectivity index (χ2v) is 19.5. The number of allylic oxidation sites excluding steroid dienone is 2. The van der Waals surface area contributed by atoms with Crippen LogP contribution in [0.15, 0.2) is 36.5 Å². The van der Waals surface area contributed by atoms with E-state index in [0.29, 0.717) is 43.7 Å². The number of alkyl halides is 2. The maximum atomic E-state index is 15.1. The first-order valence-corrected chi connectivity index (χ1v) is 21.7. The van der Waals surface area contributed by atoms with Crippen molar-refractivity contribution in [2.45, 2.75) is 134 Å². The molecule has 0 unspecified atom stereocenters. The molecule has 59 heavy (non-hydrogen) atoms. The Morgan fingerprint density at radius 3 is 2.51 bits per heavy atom. The second kappa shape index (κ2) is 16.3. The van der Waals surface area contributed by atoms with E-state index in [1.807, 2.05) is 24.6 Å². The molecule has 2 saturated carbocycles. The number of ketones is 1. The third-order valence-electron chi connectivity index (χ3n) is 12.8. The van der Waals surface area contributed by atoms with E-state index in [2.05, 4.69) is 4.98 Å². The van der Waals surface area contributed by atoms with Gasteiger partial charge in [0.05, 0.1) is 53.8 Å². The normalized spacial score (nSPS) is 30.3. The minimum atomic E-state index is -4.72. The predicted octanol–water partition coefficient (Wildman–Crippen LogP) is 7.08. The van der Waals surface area contributed by atoms with Crippen LogP contribution in [0.4, 0.5) is 13.2 Å². The number of halogens is 3. The predicted molar refractivity (Wildman–Crippen MR) is 212 cm³/mol. The van der Waals surface area contributed by atoms with Crippen molar-refractivity contribution in [1.29, 1.82) is 0 Å². The summed E-state index contributed by atoms with van der Waals surface area (Å²) in [5, 5.41) is 0.720. The largest absolute Gasteiger partial charge is 0.494 e. The summed E-state index contributed by atoms with van der Waals surface area (Å²) >= 11 is 0. The zero-order valence-electron chi connectivity index (χ0n) is 37.3. The number of nitrogens with zero attached hydrogens (tertiary/aromatic N) is 2. The molecule has 1 saturated heterocycles. The molecule has 1 N–H and O–H groups in total. The zero-order valence-corrected chi connectivity index (χ0v) is 35.1. The number of benzene rings is 1. The minimum Gasteiger partial charge on any atom is -0.494 e. The molecular formula is C43H56F3N3O9S. The SMILES string of the molecule is [2H]C([2H])([2H])C1(S(=O)(=O)NC(=O)[C@]23CC(=O)[C@@H]4C[C@@H](Oc5ncc(OC)c6ccc(F)cc56)CN4C(=O)[C@@H](CC(=O)OC(C)(C)C(C)(F)F)[C@H](CC)C[C@@H](C)CC/C=C\[C@@H]2C3)CC1. The molecule has 2 amide bonds. The summed E-state index contributed by atoms with van der Waals surface area (Å²) in [6.07, 6.45) is 4.57. The number of amides is 2. The van der Waals surface area contributed by atoms with E-state index in [4.69, 9.17) is 18.3 Å². The highest BCUT2D eigenvalue weighted by molar-refractivity contribution is 7.91. The van der Waals surface area contributed by atoms with Crippen LogP contribution in [0.1, 0.15) is 110 Å². The van der Waals surface area contributed by atoms with Gasteiger partial charge in [-0.25, -0.2) is 26.6 Å². The standard InChI is InChI=1S/C43H56F3N3O9S/c1-8-26-17-25(2)11-9-10-12-27-21-43(27,39(53)48-59(54,55)41(5)15-16-41)22-34(50)33-19-29(57-37-32-18-28(44)13-14-30(32)35(56-7)23-47-37)24-49(33)38(52)31(26)20-36(51)58-40(3,4)42(6,45)46/h10,12-14,18,23,25-27,29,31,33H,8-9,11,15-17,19-22,24H2,1-7H3,(H,48,53)/b12-10-/t25-,26+,27+,29+,31-,33-,43+/m0/s1/i5D3. The number of hydrogen-bond acceptors (Lipinski definition) is 10. The zero-order chi connectivity index (χ0) is 45.8. The van der Waals surface area contributed by atoms with E-state index in [1.54, 1.807) is 6.08 Å². The van der Waals surface area contributed by atoms with Gasteiger partial charge in [-0.1, -0.05) is 32.4 Å². The molecule has 2 aromatic rings. The Morgan fingerprint density at radius 1 is 1.14 bits per heavy atom. The molecule has 324 valence electrons. The number of methoxy groups -OCH3 is 1. The third kappa shape index (κ3) is 9.12. The van der Waals surface area contributed by atoms with E-state index in [1.165, 1.54) is 36.4 Å². The van der Waals surface area contributed by atoms with Gasteiger partial charge >= 0.3 is 5.97 Å². The van der Waals surface area contributed by atoms with Gasteiger partial charge < -0.3 is 19.1 Å². The van der Waals surface area contributed by atoms with Crippen LogP contribution in [0.3, 0.4) is 0 Å². The first-order valence-electron chi connectivity index (χ1n) is 21.7. The van der Waals surface area contributed by atoms with Crippen LogP contribution in [-0.2, 0) is 33.9 Å². The maximum Gasteiger partial charge on any atom is 0.307 e. The Kier molecular flexibility index (Phi) is 11.1. The van der Waals surface area contributed by atoms with E-state index in [9.17, 15) is 36.0 Å². The fourth-order valence-electron chi connectivity index (χ4n) is 8.43.